The van der Waals surface area contributed by atoms with Crippen molar-refractivity contribution in [2.24, 2.45) is 4.99 Å². The number of anilines is 1. The molecule has 1 aromatic heterocycles. The Morgan fingerprint density at radius 1 is 1.19 bits per heavy atom. The minimum absolute atomic E-state index is 0.215. The highest BCUT2D eigenvalue weighted by atomic mass is 32.1. The highest BCUT2D eigenvalue weighted by Crippen LogP contribution is 2.36. The van der Waals surface area contributed by atoms with Gasteiger partial charge in [-0.05, 0) is 36.5 Å². The summed E-state index contributed by atoms with van der Waals surface area (Å²) < 4.78 is 40.8. The Labute approximate surface area is 183 Å². The molecule has 0 unspecified atom stereocenters. The van der Waals surface area contributed by atoms with E-state index in [1.54, 1.807) is 12.3 Å². The molecule has 1 aliphatic rings. The van der Waals surface area contributed by atoms with Gasteiger partial charge in [0.25, 0.3) is 0 Å². The van der Waals surface area contributed by atoms with Gasteiger partial charge in [0.2, 0.25) is 11.8 Å². The number of halogens is 3. The van der Waals surface area contributed by atoms with E-state index in [-0.39, 0.29) is 15.5 Å². The SMILES string of the molecule is O=C(Cn1c(O)c(/C=C2\C=Nc3ccccc32)sc1=S)Nc1ccccc1C(F)(F)F. The van der Waals surface area contributed by atoms with Crippen molar-refractivity contribution in [1.82, 2.24) is 4.57 Å². The molecule has 0 atom stereocenters. The van der Waals surface area contributed by atoms with E-state index >= 15 is 0 Å². The Morgan fingerprint density at radius 2 is 1.90 bits per heavy atom. The largest absolute Gasteiger partial charge is 0.493 e. The summed E-state index contributed by atoms with van der Waals surface area (Å²) >= 11 is 6.33. The smallest absolute Gasteiger partial charge is 0.418 e. The van der Waals surface area contributed by atoms with Crippen LogP contribution in [0.2, 0.25) is 0 Å². The van der Waals surface area contributed by atoms with Crippen LogP contribution in [0.1, 0.15) is 16.0 Å². The molecule has 2 aromatic carbocycles. The van der Waals surface area contributed by atoms with Gasteiger partial charge in [-0.2, -0.15) is 13.2 Å². The van der Waals surface area contributed by atoms with E-state index in [1.165, 1.54) is 22.8 Å². The summed E-state index contributed by atoms with van der Waals surface area (Å²) in [6.07, 6.45) is -1.24. The van der Waals surface area contributed by atoms with Gasteiger partial charge in [0, 0.05) is 17.4 Å². The Balaban J connectivity index is 1.57. The third-order valence-electron chi connectivity index (χ3n) is 4.55. The third-order valence-corrected chi connectivity index (χ3v) is 5.93. The average Bonchev–Trinajstić information content (AvgIpc) is 3.24. The molecule has 31 heavy (non-hydrogen) atoms. The molecule has 0 radical (unpaired) electrons. The molecule has 2 N–H and O–H groups in total. The second kappa shape index (κ2) is 8.12. The summed E-state index contributed by atoms with van der Waals surface area (Å²) in [4.78, 5) is 17.1. The van der Waals surface area contributed by atoms with E-state index in [0.717, 1.165) is 34.2 Å². The summed E-state index contributed by atoms with van der Waals surface area (Å²) in [6.45, 7) is -0.429. The zero-order chi connectivity index (χ0) is 22.2. The van der Waals surface area contributed by atoms with Crippen molar-refractivity contribution in [3.8, 4) is 5.88 Å². The van der Waals surface area contributed by atoms with Crippen molar-refractivity contribution in [2.75, 3.05) is 5.32 Å². The van der Waals surface area contributed by atoms with Crippen LogP contribution < -0.4 is 5.32 Å². The van der Waals surface area contributed by atoms with Gasteiger partial charge in [0.15, 0.2) is 3.95 Å². The topological polar surface area (TPSA) is 66.6 Å². The van der Waals surface area contributed by atoms with Crippen LogP contribution in [0.4, 0.5) is 24.5 Å². The van der Waals surface area contributed by atoms with E-state index in [4.69, 9.17) is 12.2 Å². The van der Waals surface area contributed by atoms with Gasteiger partial charge < -0.3 is 10.4 Å². The van der Waals surface area contributed by atoms with Crippen LogP contribution >= 0.6 is 23.6 Å². The monoisotopic (exact) mass is 461 g/mol. The molecule has 158 valence electrons. The van der Waals surface area contributed by atoms with Crippen molar-refractivity contribution >= 4 is 58.7 Å². The van der Waals surface area contributed by atoms with Crippen LogP contribution in [0.5, 0.6) is 5.88 Å². The lowest BCUT2D eigenvalue weighted by molar-refractivity contribution is -0.137. The molecule has 0 spiro atoms. The van der Waals surface area contributed by atoms with Crippen LogP contribution in [-0.4, -0.2) is 21.8 Å². The summed E-state index contributed by atoms with van der Waals surface area (Å²) in [5.74, 6) is -0.979. The molecule has 0 bridgehead atoms. The van der Waals surface area contributed by atoms with E-state index in [0.29, 0.717) is 4.88 Å². The second-order valence-corrected chi connectivity index (χ2v) is 8.28. The number of carbonyl (C=O) groups excluding carboxylic acids is 1. The summed E-state index contributed by atoms with van der Waals surface area (Å²) in [6, 6.07) is 12.2. The van der Waals surface area contributed by atoms with Gasteiger partial charge in [-0.3, -0.25) is 14.4 Å². The third kappa shape index (κ3) is 4.30. The minimum Gasteiger partial charge on any atom is -0.493 e. The van der Waals surface area contributed by atoms with Gasteiger partial charge >= 0.3 is 6.18 Å². The fourth-order valence-electron chi connectivity index (χ4n) is 3.12. The average molecular weight is 461 g/mol. The predicted octanol–water partition coefficient (Wildman–Crippen LogP) is 5.90. The standard InChI is InChI=1S/C21H14F3N3O2S2/c22-21(23,24)14-6-2-4-8-16(14)26-18(28)11-27-19(29)17(31-20(27)30)9-12-10-25-15-7-3-1-5-13(12)15/h1-10,29H,11H2,(H,26,28)/b12-9+. The first-order valence-corrected chi connectivity index (χ1v) is 10.2. The molecular formula is C21H14F3N3O2S2. The predicted molar refractivity (Wildman–Crippen MR) is 117 cm³/mol. The van der Waals surface area contributed by atoms with Gasteiger partial charge in [-0.25, -0.2) is 0 Å². The lowest BCUT2D eigenvalue weighted by Crippen LogP contribution is -2.21. The van der Waals surface area contributed by atoms with E-state index < -0.39 is 24.2 Å². The van der Waals surface area contributed by atoms with Gasteiger partial charge in [0.05, 0.1) is 21.8 Å². The fraction of sp³-hybridized carbons (Fsp3) is 0.0952. The molecule has 10 heteroatoms. The van der Waals surface area contributed by atoms with E-state index in [2.05, 4.69) is 10.3 Å². The number of benzene rings is 2. The Morgan fingerprint density at radius 3 is 2.68 bits per heavy atom. The molecule has 3 aromatic rings. The lowest BCUT2D eigenvalue weighted by atomic mass is 10.1. The molecular weight excluding hydrogens is 447 g/mol. The summed E-state index contributed by atoms with van der Waals surface area (Å²) in [5, 5.41) is 12.8. The number of aromatic hydroxyl groups is 1. The van der Waals surface area contributed by atoms with Crippen molar-refractivity contribution in [3.05, 3.63) is 68.5 Å². The summed E-state index contributed by atoms with van der Waals surface area (Å²) in [5.41, 5.74) is 1.17. The number of amides is 1. The molecule has 0 aliphatic carbocycles. The number of rotatable bonds is 4. The lowest BCUT2D eigenvalue weighted by Gasteiger charge is -2.13. The Bertz CT molecular complexity index is 1290. The van der Waals surface area contributed by atoms with Gasteiger partial charge in [-0.15, -0.1) is 11.3 Å². The number of aliphatic imine (C=N–C) groups is 1. The number of para-hydroxylation sites is 2. The molecule has 5 nitrogen and oxygen atoms in total. The fourth-order valence-corrected chi connectivity index (χ4v) is 4.37. The number of thiazole rings is 1. The maximum Gasteiger partial charge on any atom is 0.418 e. The van der Waals surface area contributed by atoms with Crippen LogP contribution in [0.3, 0.4) is 0 Å². The quantitative estimate of drug-likeness (QED) is 0.476. The number of carbonyl (C=O) groups is 1. The molecule has 4 rings (SSSR count). The van der Waals surface area contributed by atoms with Crippen LogP contribution in [0.25, 0.3) is 11.6 Å². The number of nitrogens with zero attached hydrogens (tertiary/aromatic N) is 2. The molecule has 1 amide bonds. The van der Waals surface area contributed by atoms with Crippen molar-refractivity contribution in [1.29, 1.82) is 0 Å². The minimum atomic E-state index is -4.61. The first kappa shape index (κ1) is 21.0. The molecule has 2 heterocycles. The van der Waals surface area contributed by atoms with Crippen LogP contribution in [0, 0.1) is 3.95 Å². The van der Waals surface area contributed by atoms with Crippen LogP contribution in [0.15, 0.2) is 53.5 Å². The number of fused-ring (bicyclic) bond motifs is 1. The maximum atomic E-state index is 13.1. The molecule has 0 saturated heterocycles. The first-order valence-electron chi connectivity index (χ1n) is 8.98. The van der Waals surface area contributed by atoms with Crippen molar-refractivity contribution in [3.63, 3.8) is 0 Å². The normalized spacial score (nSPS) is 14.1. The second-order valence-electron chi connectivity index (χ2n) is 6.61. The summed E-state index contributed by atoms with van der Waals surface area (Å²) in [7, 11) is 0. The number of hydrogen-bond acceptors (Lipinski definition) is 5. The van der Waals surface area contributed by atoms with Gasteiger partial charge in [0.1, 0.15) is 6.54 Å². The zero-order valence-electron chi connectivity index (χ0n) is 15.7. The number of nitrogens with one attached hydrogen (secondary N) is 1. The Hall–Kier alpha value is -3.24. The molecule has 1 aliphatic heterocycles. The zero-order valence-corrected chi connectivity index (χ0v) is 17.3. The maximum absolute atomic E-state index is 13.1. The van der Waals surface area contributed by atoms with E-state index in [9.17, 15) is 23.1 Å². The van der Waals surface area contributed by atoms with E-state index in [1.807, 2.05) is 24.3 Å². The first-order chi connectivity index (χ1) is 14.7. The number of hydrogen-bond donors (Lipinski definition) is 2. The van der Waals surface area contributed by atoms with Crippen molar-refractivity contribution < 1.29 is 23.1 Å². The van der Waals surface area contributed by atoms with Crippen LogP contribution in [-0.2, 0) is 17.5 Å². The molecule has 0 saturated carbocycles. The Kier molecular flexibility index (Phi) is 5.50. The number of allylic oxidation sites excluding steroid dienone is 1. The van der Waals surface area contributed by atoms with Gasteiger partial charge in [-0.1, -0.05) is 30.3 Å². The highest BCUT2D eigenvalue weighted by Gasteiger charge is 2.33. The number of alkyl halides is 3. The van der Waals surface area contributed by atoms with Crippen molar-refractivity contribution in [2.45, 2.75) is 12.7 Å². The highest BCUT2D eigenvalue weighted by molar-refractivity contribution is 7.73. The molecule has 0 fully saturated rings. The number of aromatic nitrogens is 1.